The van der Waals surface area contributed by atoms with Gasteiger partial charge in [0, 0.05) is 30.9 Å². The van der Waals surface area contributed by atoms with Gasteiger partial charge in [-0.2, -0.15) is 0 Å². The molecule has 2 aliphatic rings. The smallest absolute Gasteiger partial charge is 0.310 e. The first-order chi connectivity index (χ1) is 12.5. The number of rotatable bonds is 3. The predicted octanol–water partition coefficient (Wildman–Crippen LogP) is 2.18. The second-order valence-electron chi connectivity index (χ2n) is 6.75. The summed E-state index contributed by atoms with van der Waals surface area (Å²) < 4.78 is 4.82. The van der Waals surface area contributed by atoms with E-state index in [-0.39, 0.29) is 23.7 Å². The number of carbonyl (C=O) groups excluding carboxylic acids is 3. The maximum atomic E-state index is 12.9. The summed E-state index contributed by atoms with van der Waals surface area (Å²) in [5.74, 6) is -0.710. The zero-order chi connectivity index (χ0) is 18.7. The molecule has 1 aromatic rings. The van der Waals surface area contributed by atoms with Gasteiger partial charge in [-0.1, -0.05) is 6.58 Å². The van der Waals surface area contributed by atoms with E-state index in [1.165, 1.54) is 13.2 Å². The van der Waals surface area contributed by atoms with Crippen molar-refractivity contribution in [1.29, 1.82) is 0 Å². The number of fused-ring (bicyclic) bond motifs is 1. The van der Waals surface area contributed by atoms with Crippen LogP contribution in [0.15, 0.2) is 30.9 Å². The summed E-state index contributed by atoms with van der Waals surface area (Å²) >= 11 is 0. The molecule has 26 heavy (non-hydrogen) atoms. The SMILES string of the molecule is C=CC(=O)N1CCCc2cc(C(=O)N3CCC[C@@H](C(=O)OC)C3)ccc21. The number of aryl methyl sites for hydroxylation is 1. The van der Waals surface area contributed by atoms with Crippen LogP contribution in [0.3, 0.4) is 0 Å². The Kier molecular flexibility index (Phi) is 5.40. The molecule has 0 unspecified atom stereocenters. The number of esters is 1. The third-order valence-corrected chi connectivity index (χ3v) is 5.13. The highest BCUT2D eigenvalue weighted by Crippen LogP contribution is 2.29. The second kappa shape index (κ2) is 7.72. The highest BCUT2D eigenvalue weighted by Gasteiger charge is 2.30. The molecule has 0 spiro atoms. The molecule has 0 bridgehead atoms. The summed E-state index contributed by atoms with van der Waals surface area (Å²) in [5.41, 5.74) is 2.45. The quantitative estimate of drug-likeness (QED) is 0.615. The fourth-order valence-electron chi connectivity index (χ4n) is 3.77. The normalized spacial score (nSPS) is 19.5. The molecule has 3 rings (SSSR count). The van der Waals surface area contributed by atoms with Crippen molar-refractivity contribution in [3.05, 3.63) is 42.0 Å². The van der Waals surface area contributed by atoms with Crippen molar-refractivity contribution in [3.8, 4) is 0 Å². The van der Waals surface area contributed by atoms with Gasteiger partial charge < -0.3 is 14.5 Å². The molecule has 0 N–H and O–H groups in total. The molecule has 2 amide bonds. The summed E-state index contributed by atoms with van der Waals surface area (Å²) in [5, 5.41) is 0. The third kappa shape index (κ3) is 3.49. The van der Waals surface area contributed by atoms with Crippen molar-refractivity contribution in [3.63, 3.8) is 0 Å². The van der Waals surface area contributed by atoms with Crippen LogP contribution in [0.4, 0.5) is 5.69 Å². The van der Waals surface area contributed by atoms with E-state index >= 15 is 0 Å². The van der Waals surface area contributed by atoms with Crippen LogP contribution < -0.4 is 4.90 Å². The van der Waals surface area contributed by atoms with Gasteiger partial charge in [0.2, 0.25) is 5.91 Å². The topological polar surface area (TPSA) is 66.9 Å². The molecule has 1 fully saturated rings. The highest BCUT2D eigenvalue weighted by molar-refractivity contribution is 6.02. The largest absolute Gasteiger partial charge is 0.469 e. The number of nitrogens with zero attached hydrogens (tertiary/aromatic N) is 2. The summed E-state index contributed by atoms with van der Waals surface area (Å²) in [6.45, 7) is 5.25. The molecular formula is C20H24N2O4. The summed E-state index contributed by atoms with van der Waals surface area (Å²) in [6.07, 6.45) is 4.55. The molecule has 0 aromatic heterocycles. The van der Waals surface area contributed by atoms with Gasteiger partial charge in [0.15, 0.2) is 0 Å². The lowest BCUT2D eigenvalue weighted by molar-refractivity contribution is -0.146. The van der Waals surface area contributed by atoms with Crippen LogP contribution in [-0.2, 0) is 20.7 Å². The Morgan fingerprint density at radius 3 is 2.77 bits per heavy atom. The minimum absolute atomic E-state index is 0.0754. The van der Waals surface area contributed by atoms with E-state index in [4.69, 9.17) is 4.74 Å². The average molecular weight is 356 g/mol. The molecule has 1 aromatic carbocycles. The van der Waals surface area contributed by atoms with Crippen molar-refractivity contribution >= 4 is 23.5 Å². The summed E-state index contributed by atoms with van der Waals surface area (Å²) in [6, 6.07) is 5.48. The number of likely N-dealkylation sites (tertiary alicyclic amines) is 1. The molecule has 6 heteroatoms. The van der Waals surface area contributed by atoms with E-state index in [1.807, 2.05) is 12.1 Å². The van der Waals surface area contributed by atoms with Gasteiger partial charge in [0.1, 0.15) is 0 Å². The number of amides is 2. The van der Waals surface area contributed by atoms with Crippen LogP contribution in [0.5, 0.6) is 0 Å². The fraction of sp³-hybridized carbons (Fsp3) is 0.450. The minimum Gasteiger partial charge on any atom is -0.469 e. The Balaban J connectivity index is 1.79. The van der Waals surface area contributed by atoms with Crippen LogP contribution in [-0.4, -0.2) is 49.4 Å². The number of methoxy groups -OCH3 is 1. The van der Waals surface area contributed by atoms with Crippen molar-refractivity contribution < 1.29 is 19.1 Å². The van der Waals surface area contributed by atoms with Gasteiger partial charge in [-0.05, 0) is 55.5 Å². The molecule has 0 aliphatic carbocycles. The van der Waals surface area contributed by atoms with Crippen LogP contribution >= 0.6 is 0 Å². The number of ether oxygens (including phenoxy) is 1. The van der Waals surface area contributed by atoms with Crippen molar-refractivity contribution in [1.82, 2.24) is 4.90 Å². The summed E-state index contributed by atoms with van der Waals surface area (Å²) in [7, 11) is 1.38. The first-order valence-corrected chi connectivity index (χ1v) is 8.99. The van der Waals surface area contributed by atoms with Crippen molar-refractivity contribution in [2.24, 2.45) is 5.92 Å². The Bertz CT molecular complexity index is 743. The van der Waals surface area contributed by atoms with Gasteiger partial charge in [-0.25, -0.2) is 0 Å². The van der Waals surface area contributed by atoms with Gasteiger partial charge in [0.25, 0.3) is 5.91 Å². The molecule has 2 heterocycles. The molecule has 138 valence electrons. The molecule has 1 atom stereocenters. The lowest BCUT2D eigenvalue weighted by atomic mass is 9.96. The first-order valence-electron chi connectivity index (χ1n) is 8.99. The van der Waals surface area contributed by atoms with Crippen LogP contribution in [0, 0.1) is 5.92 Å². The maximum Gasteiger partial charge on any atom is 0.310 e. The second-order valence-corrected chi connectivity index (χ2v) is 6.75. The third-order valence-electron chi connectivity index (χ3n) is 5.13. The molecule has 6 nitrogen and oxygen atoms in total. The monoisotopic (exact) mass is 356 g/mol. The first kappa shape index (κ1) is 18.2. The Morgan fingerprint density at radius 1 is 1.23 bits per heavy atom. The van der Waals surface area contributed by atoms with E-state index < -0.39 is 0 Å². The van der Waals surface area contributed by atoms with E-state index in [1.54, 1.807) is 15.9 Å². The fourth-order valence-corrected chi connectivity index (χ4v) is 3.77. The molecule has 0 saturated carbocycles. The lowest BCUT2D eigenvalue weighted by Crippen LogP contribution is -2.42. The van der Waals surface area contributed by atoms with E-state index in [0.717, 1.165) is 36.9 Å². The lowest BCUT2D eigenvalue weighted by Gasteiger charge is -2.32. The molecule has 2 aliphatic heterocycles. The van der Waals surface area contributed by atoms with Crippen molar-refractivity contribution in [2.45, 2.75) is 25.7 Å². The van der Waals surface area contributed by atoms with Gasteiger partial charge >= 0.3 is 5.97 Å². The van der Waals surface area contributed by atoms with Gasteiger partial charge in [-0.3, -0.25) is 14.4 Å². The zero-order valence-electron chi connectivity index (χ0n) is 15.1. The average Bonchev–Trinajstić information content (AvgIpc) is 2.71. The number of hydrogen-bond acceptors (Lipinski definition) is 4. The molecule has 0 radical (unpaired) electrons. The van der Waals surface area contributed by atoms with E-state index in [2.05, 4.69) is 6.58 Å². The number of hydrogen-bond donors (Lipinski definition) is 0. The highest BCUT2D eigenvalue weighted by atomic mass is 16.5. The maximum absolute atomic E-state index is 12.9. The van der Waals surface area contributed by atoms with Gasteiger partial charge in [0.05, 0.1) is 13.0 Å². The number of anilines is 1. The van der Waals surface area contributed by atoms with Crippen LogP contribution in [0.25, 0.3) is 0 Å². The predicted molar refractivity (Wildman–Crippen MR) is 98.0 cm³/mol. The van der Waals surface area contributed by atoms with Crippen LogP contribution in [0.2, 0.25) is 0 Å². The zero-order valence-corrected chi connectivity index (χ0v) is 15.1. The molecular weight excluding hydrogens is 332 g/mol. The van der Waals surface area contributed by atoms with Gasteiger partial charge in [-0.15, -0.1) is 0 Å². The number of benzene rings is 1. The number of carbonyl (C=O) groups is 3. The standard InChI is InChI=1S/C20H24N2O4/c1-3-18(23)22-11-5-6-14-12-15(8-9-17(14)22)19(24)21-10-4-7-16(13-21)20(25)26-2/h3,8-9,12,16H,1,4-7,10-11,13H2,2H3/t16-/m1/s1. The van der Waals surface area contributed by atoms with Crippen LogP contribution in [0.1, 0.15) is 35.2 Å². The Hall–Kier alpha value is -2.63. The van der Waals surface area contributed by atoms with Crippen molar-refractivity contribution in [2.75, 3.05) is 31.6 Å². The minimum atomic E-state index is -0.258. The molecule has 1 saturated heterocycles. The Labute approximate surface area is 153 Å². The van der Waals surface area contributed by atoms with E-state index in [9.17, 15) is 14.4 Å². The number of piperidine rings is 1. The summed E-state index contributed by atoms with van der Waals surface area (Å²) in [4.78, 5) is 40.1. The Morgan fingerprint density at radius 2 is 2.04 bits per heavy atom. The van der Waals surface area contributed by atoms with E-state index in [0.29, 0.717) is 25.2 Å².